The van der Waals surface area contributed by atoms with Crippen LogP contribution in [-0.4, -0.2) is 9.30 Å². The Labute approximate surface area is 93.1 Å². The Bertz CT molecular complexity index is 429. The smallest absolute Gasteiger partial charge is 0.130 e. The van der Waals surface area contributed by atoms with E-state index in [-0.39, 0.29) is 0 Å². The molecule has 2 rings (SSSR count). The Morgan fingerprint density at radius 3 is 2.93 bits per heavy atom. The van der Waals surface area contributed by atoms with Crippen LogP contribution in [-0.2, 0) is 6.54 Å². The van der Waals surface area contributed by atoms with Gasteiger partial charge >= 0.3 is 0 Å². The van der Waals surface area contributed by atoms with Gasteiger partial charge < -0.3 is 10.3 Å². The number of fused-ring (bicyclic) bond motifs is 1. The second-order valence-corrected chi connectivity index (χ2v) is 4.20. The Balaban J connectivity index is 2.22. The number of aromatic amines is 1. The number of thiocarbonyl (C=S) groups is 1. The average Bonchev–Trinajstić information content (AvgIpc) is 2.57. The highest BCUT2D eigenvalue weighted by molar-refractivity contribution is 8.11. The zero-order valence-corrected chi connectivity index (χ0v) is 9.16. The number of rotatable bonds is 2. The Morgan fingerprint density at radius 1 is 1.43 bits per heavy atom. The number of hydrogen-bond acceptors (Lipinski definition) is 1. The van der Waals surface area contributed by atoms with Crippen LogP contribution in [0.5, 0.6) is 0 Å². The minimum Gasteiger partial charge on any atom is -0.366 e. The predicted octanol–water partition coefficient (Wildman–Crippen LogP) is 2.47. The minimum absolute atomic E-state index is 0.517. The summed E-state index contributed by atoms with van der Waals surface area (Å²) in [6.07, 6.45) is 0. The lowest BCUT2D eigenvalue weighted by molar-refractivity contribution is 0.909. The molecule has 1 heterocycles. The van der Waals surface area contributed by atoms with E-state index in [2.05, 4.69) is 41.1 Å². The van der Waals surface area contributed by atoms with Crippen molar-refractivity contribution in [3.63, 3.8) is 0 Å². The molecule has 1 aromatic heterocycles. The van der Waals surface area contributed by atoms with E-state index >= 15 is 0 Å². The van der Waals surface area contributed by atoms with Gasteiger partial charge in [-0.3, -0.25) is 0 Å². The lowest BCUT2D eigenvalue weighted by Gasteiger charge is -1.99. The van der Waals surface area contributed by atoms with Crippen LogP contribution in [0.4, 0.5) is 0 Å². The number of thiol groups is 1. The summed E-state index contributed by atoms with van der Waals surface area (Å²) >= 11 is 8.81. The molecule has 14 heavy (non-hydrogen) atoms. The van der Waals surface area contributed by atoms with Crippen molar-refractivity contribution < 1.29 is 0 Å². The highest BCUT2D eigenvalue weighted by Crippen LogP contribution is 2.14. The second kappa shape index (κ2) is 4.02. The van der Waals surface area contributed by atoms with Crippen molar-refractivity contribution in [3.05, 3.63) is 36.0 Å². The van der Waals surface area contributed by atoms with E-state index in [9.17, 15) is 0 Å². The molecule has 0 aliphatic rings. The molecule has 2 nitrogen and oxygen atoms in total. The quantitative estimate of drug-likeness (QED) is 0.538. The van der Waals surface area contributed by atoms with Gasteiger partial charge in [-0.15, -0.1) is 12.6 Å². The molecule has 0 saturated heterocycles. The summed E-state index contributed by atoms with van der Waals surface area (Å²) in [5.41, 5.74) is 2.26. The lowest BCUT2D eigenvalue weighted by Crippen LogP contribution is -2.15. The number of aromatic nitrogens is 1. The van der Waals surface area contributed by atoms with Gasteiger partial charge in [0.1, 0.15) is 4.32 Å². The molecule has 0 atom stereocenters. The Morgan fingerprint density at radius 2 is 2.21 bits per heavy atom. The first kappa shape index (κ1) is 9.55. The van der Waals surface area contributed by atoms with Gasteiger partial charge in [-0.05, 0) is 17.5 Å². The van der Waals surface area contributed by atoms with Gasteiger partial charge in [0.15, 0.2) is 0 Å². The highest BCUT2D eigenvalue weighted by Gasteiger charge is 1.98. The van der Waals surface area contributed by atoms with Crippen molar-refractivity contribution in [2.45, 2.75) is 6.54 Å². The summed E-state index contributed by atoms with van der Waals surface area (Å²) in [7, 11) is 0. The van der Waals surface area contributed by atoms with E-state index in [4.69, 9.17) is 12.2 Å². The van der Waals surface area contributed by atoms with E-state index in [1.807, 2.05) is 12.1 Å². The van der Waals surface area contributed by atoms with E-state index in [1.54, 1.807) is 0 Å². The van der Waals surface area contributed by atoms with Crippen LogP contribution in [0.1, 0.15) is 5.69 Å². The summed E-state index contributed by atoms with van der Waals surface area (Å²) in [6.45, 7) is 0.691. The van der Waals surface area contributed by atoms with E-state index < -0.39 is 0 Å². The normalized spacial score (nSPS) is 10.4. The van der Waals surface area contributed by atoms with Crippen LogP contribution >= 0.6 is 24.8 Å². The third-order valence-corrected chi connectivity index (χ3v) is 2.32. The Hall–Kier alpha value is -1.00. The molecule has 0 bridgehead atoms. The van der Waals surface area contributed by atoms with Crippen molar-refractivity contribution in [2.75, 3.05) is 0 Å². The molecular formula is C10H10N2S2. The number of benzene rings is 1. The largest absolute Gasteiger partial charge is 0.366 e. The second-order valence-electron chi connectivity index (χ2n) is 3.04. The third-order valence-electron chi connectivity index (χ3n) is 2.02. The standard InChI is InChI=1S/C10H10N2S2/c13-10(14)11-6-8-5-7-3-1-2-4-9(7)12-8/h1-5,12H,6H2,(H2,11,13,14). The molecule has 2 aromatic rings. The molecule has 0 spiro atoms. The predicted molar refractivity (Wildman–Crippen MR) is 66.7 cm³/mol. The molecular weight excluding hydrogens is 212 g/mol. The summed E-state index contributed by atoms with van der Waals surface area (Å²) in [6, 6.07) is 10.3. The maximum Gasteiger partial charge on any atom is 0.130 e. The fourth-order valence-electron chi connectivity index (χ4n) is 1.40. The summed E-state index contributed by atoms with van der Waals surface area (Å²) in [5.74, 6) is 0. The van der Waals surface area contributed by atoms with Crippen molar-refractivity contribution in [2.24, 2.45) is 0 Å². The van der Waals surface area contributed by atoms with Gasteiger partial charge in [0.05, 0.1) is 6.54 Å². The molecule has 0 fully saturated rings. The van der Waals surface area contributed by atoms with E-state index in [0.29, 0.717) is 10.9 Å². The molecule has 1 aromatic carbocycles. The van der Waals surface area contributed by atoms with Gasteiger partial charge in [-0.2, -0.15) is 0 Å². The van der Waals surface area contributed by atoms with Crippen LogP contribution in [0.3, 0.4) is 0 Å². The van der Waals surface area contributed by atoms with Gasteiger partial charge in [-0.1, -0.05) is 30.4 Å². The van der Waals surface area contributed by atoms with Gasteiger partial charge in [0.25, 0.3) is 0 Å². The van der Waals surface area contributed by atoms with Gasteiger partial charge in [0, 0.05) is 11.2 Å². The van der Waals surface area contributed by atoms with Crippen molar-refractivity contribution in [1.82, 2.24) is 10.3 Å². The average molecular weight is 222 g/mol. The SMILES string of the molecule is S=C(S)NCc1cc2ccccc2[nH]1. The first-order valence-corrected chi connectivity index (χ1v) is 5.15. The summed E-state index contributed by atoms with van der Waals surface area (Å²) in [4.78, 5) is 3.29. The zero-order chi connectivity index (χ0) is 9.97. The number of hydrogen-bond donors (Lipinski definition) is 3. The van der Waals surface area contributed by atoms with E-state index in [1.165, 1.54) is 5.39 Å². The maximum atomic E-state index is 4.81. The molecule has 0 radical (unpaired) electrons. The topological polar surface area (TPSA) is 27.8 Å². The van der Waals surface area contributed by atoms with Gasteiger partial charge in [0.2, 0.25) is 0 Å². The molecule has 2 N–H and O–H groups in total. The fraction of sp³-hybridized carbons (Fsp3) is 0.100. The molecule has 0 saturated carbocycles. The molecule has 4 heteroatoms. The van der Waals surface area contributed by atoms with Crippen LogP contribution in [0.2, 0.25) is 0 Å². The van der Waals surface area contributed by atoms with Crippen LogP contribution in [0, 0.1) is 0 Å². The van der Waals surface area contributed by atoms with Crippen LogP contribution in [0.25, 0.3) is 10.9 Å². The van der Waals surface area contributed by atoms with Crippen LogP contribution < -0.4 is 5.32 Å². The fourth-order valence-corrected chi connectivity index (χ4v) is 1.55. The third kappa shape index (κ3) is 2.08. The first-order chi connectivity index (χ1) is 6.75. The van der Waals surface area contributed by atoms with Crippen molar-refractivity contribution in [1.29, 1.82) is 0 Å². The summed E-state index contributed by atoms with van der Waals surface area (Å²) < 4.78 is 0.517. The molecule has 0 aliphatic heterocycles. The molecule has 72 valence electrons. The number of para-hydroxylation sites is 1. The molecule has 0 unspecified atom stereocenters. The zero-order valence-electron chi connectivity index (χ0n) is 7.45. The number of nitrogens with one attached hydrogen (secondary N) is 2. The van der Waals surface area contributed by atoms with Gasteiger partial charge in [-0.25, -0.2) is 0 Å². The minimum atomic E-state index is 0.517. The van der Waals surface area contributed by atoms with Crippen molar-refractivity contribution in [3.8, 4) is 0 Å². The monoisotopic (exact) mass is 222 g/mol. The highest BCUT2D eigenvalue weighted by atomic mass is 32.1. The lowest BCUT2D eigenvalue weighted by atomic mass is 10.2. The summed E-state index contributed by atoms with van der Waals surface area (Å²) in [5, 5.41) is 4.20. The van der Waals surface area contributed by atoms with Crippen molar-refractivity contribution >= 4 is 40.1 Å². The maximum absolute atomic E-state index is 4.81. The molecule has 0 aliphatic carbocycles. The van der Waals surface area contributed by atoms with E-state index in [0.717, 1.165) is 11.2 Å². The molecule has 0 amide bonds. The Kier molecular flexibility index (Phi) is 2.74. The number of H-pyrrole nitrogens is 1. The first-order valence-electron chi connectivity index (χ1n) is 4.29. The van der Waals surface area contributed by atoms with Crippen LogP contribution in [0.15, 0.2) is 30.3 Å².